The van der Waals surface area contributed by atoms with Gasteiger partial charge in [0, 0.05) is 40.7 Å². The number of alkyl halides is 3. The fourth-order valence-electron chi connectivity index (χ4n) is 4.39. The number of nitrogens with zero attached hydrogens (tertiary/aromatic N) is 2. The normalized spacial score (nSPS) is 14.5. The van der Waals surface area contributed by atoms with Crippen LogP contribution in [-0.2, 0) is 29.2 Å². The van der Waals surface area contributed by atoms with Crippen LogP contribution in [0.25, 0.3) is 22.3 Å². The maximum Gasteiger partial charge on any atom is 0.433 e. The van der Waals surface area contributed by atoms with Gasteiger partial charge in [0.1, 0.15) is 17.7 Å². The number of fused-ring (bicyclic) bond motifs is 5. The zero-order valence-corrected chi connectivity index (χ0v) is 18.4. The number of carbonyl (C=O) groups is 1. The van der Waals surface area contributed by atoms with Crippen molar-refractivity contribution in [2.24, 2.45) is 0 Å². The Bertz CT molecular complexity index is 1150. The van der Waals surface area contributed by atoms with Gasteiger partial charge in [-0.25, -0.2) is 0 Å². The average Bonchev–Trinajstić information content (AvgIpc) is 3.23. The molecule has 0 unspecified atom stereocenters. The second-order valence-electron chi connectivity index (χ2n) is 9.21. The molecule has 1 aliphatic carbocycles. The van der Waals surface area contributed by atoms with E-state index in [1.54, 1.807) is 0 Å². The number of hydrogen-bond donors (Lipinski definition) is 2. The molecule has 2 N–H and O–H groups in total. The van der Waals surface area contributed by atoms with Crippen molar-refractivity contribution in [1.82, 2.24) is 15.2 Å². The molecule has 0 radical (unpaired) electrons. The SMILES string of the molecule is CC(C)N(C)c1cc2c3c([nH]c2cc1C(C)(C)C=O)-c1n[nH]c(C(F)(F)F)c1CCC3. The first-order valence-corrected chi connectivity index (χ1v) is 10.5. The summed E-state index contributed by atoms with van der Waals surface area (Å²) in [5.74, 6) is 0. The lowest BCUT2D eigenvalue weighted by Crippen LogP contribution is -2.30. The lowest BCUT2D eigenvalue weighted by molar-refractivity contribution is -0.141. The van der Waals surface area contributed by atoms with Crippen LogP contribution in [0.2, 0.25) is 0 Å². The van der Waals surface area contributed by atoms with Crippen molar-refractivity contribution < 1.29 is 18.0 Å². The standard InChI is InChI=1S/C23H27F3N4O/c1-12(2)30(5)18-9-15-13-7-6-8-14-20(28-29-21(14)23(24,25)26)19(13)27-17(15)10-16(18)22(3,4)11-31/h9-12,27H,6-8H2,1-5H3,(H,28,29). The molecule has 0 saturated carbocycles. The maximum atomic E-state index is 13.4. The first kappa shape index (κ1) is 21.5. The summed E-state index contributed by atoms with van der Waals surface area (Å²) in [6, 6.07) is 4.24. The van der Waals surface area contributed by atoms with Gasteiger partial charge in [-0.3, -0.25) is 5.10 Å². The number of carbonyl (C=O) groups excluding carboxylic acids is 1. The quantitative estimate of drug-likeness (QED) is 0.544. The number of benzene rings is 1. The minimum atomic E-state index is -4.47. The molecule has 1 aromatic carbocycles. The van der Waals surface area contributed by atoms with Crippen LogP contribution in [0.4, 0.5) is 18.9 Å². The van der Waals surface area contributed by atoms with Gasteiger partial charge in [-0.05, 0) is 70.2 Å². The van der Waals surface area contributed by atoms with Gasteiger partial charge in [0.05, 0.1) is 5.69 Å². The predicted octanol–water partition coefficient (Wildman–Crippen LogP) is 5.39. The number of nitrogens with one attached hydrogen (secondary N) is 2. The summed E-state index contributed by atoms with van der Waals surface area (Å²) in [5.41, 5.74) is 3.31. The highest BCUT2D eigenvalue weighted by atomic mass is 19.4. The first-order valence-electron chi connectivity index (χ1n) is 10.5. The molecule has 0 aliphatic heterocycles. The molecule has 1 aliphatic rings. The lowest BCUT2D eigenvalue weighted by atomic mass is 9.83. The van der Waals surface area contributed by atoms with Gasteiger partial charge in [-0.15, -0.1) is 0 Å². The molecule has 8 heteroatoms. The maximum absolute atomic E-state index is 13.4. The van der Waals surface area contributed by atoms with E-state index in [-0.39, 0.29) is 11.6 Å². The van der Waals surface area contributed by atoms with E-state index in [0.717, 1.165) is 34.0 Å². The van der Waals surface area contributed by atoms with Gasteiger partial charge >= 0.3 is 6.18 Å². The molecule has 0 saturated heterocycles. The molecule has 0 bridgehead atoms. The van der Waals surface area contributed by atoms with E-state index in [2.05, 4.69) is 40.0 Å². The van der Waals surface area contributed by atoms with E-state index < -0.39 is 17.3 Å². The summed E-state index contributed by atoms with van der Waals surface area (Å²) in [7, 11) is 1.99. The molecule has 2 heterocycles. The summed E-state index contributed by atoms with van der Waals surface area (Å²) >= 11 is 0. The Balaban J connectivity index is 1.99. The number of rotatable bonds is 4. The van der Waals surface area contributed by atoms with E-state index in [0.29, 0.717) is 30.7 Å². The van der Waals surface area contributed by atoms with Crippen LogP contribution in [-0.4, -0.2) is 34.6 Å². The molecule has 31 heavy (non-hydrogen) atoms. The van der Waals surface area contributed by atoms with Gasteiger partial charge in [0.15, 0.2) is 0 Å². The van der Waals surface area contributed by atoms with Crippen molar-refractivity contribution >= 4 is 22.9 Å². The number of halogens is 3. The van der Waals surface area contributed by atoms with Gasteiger partial charge in [0.25, 0.3) is 0 Å². The zero-order chi connectivity index (χ0) is 22.7. The summed E-state index contributed by atoms with van der Waals surface area (Å²) in [6.07, 6.45) is -1.96. The van der Waals surface area contributed by atoms with Crippen molar-refractivity contribution in [2.75, 3.05) is 11.9 Å². The highest BCUT2D eigenvalue weighted by Gasteiger charge is 2.38. The fraction of sp³-hybridized carbons (Fsp3) is 0.478. The summed E-state index contributed by atoms with van der Waals surface area (Å²) < 4.78 is 40.3. The van der Waals surface area contributed by atoms with Crippen LogP contribution in [0, 0.1) is 0 Å². The van der Waals surface area contributed by atoms with E-state index in [9.17, 15) is 18.0 Å². The smallest absolute Gasteiger partial charge is 0.372 e. The van der Waals surface area contributed by atoms with Crippen LogP contribution in [0.3, 0.4) is 0 Å². The molecule has 0 atom stereocenters. The largest absolute Gasteiger partial charge is 0.433 e. The second kappa shape index (κ2) is 7.14. The number of aromatic amines is 2. The van der Waals surface area contributed by atoms with E-state index in [1.807, 2.05) is 27.0 Å². The topological polar surface area (TPSA) is 64.8 Å². The Morgan fingerprint density at radius 3 is 2.45 bits per heavy atom. The van der Waals surface area contributed by atoms with Crippen molar-refractivity contribution in [3.05, 3.63) is 34.5 Å². The summed E-state index contributed by atoms with van der Waals surface area (Å²) in [4.78, 5) is 17.3. The molecule has 0 fully saturated rings. The van der Waals surface area contributed by atoms with Crippen molar-refractivity contribution in [1.29, 1.82) is 0 Å². The van der Waals surface area contributed by atoms with Crippen molar-refractivity contribution in [3.63, 3.8) is 0 Å². The number of aryl methyl sites for hydroxylation is 1. The number of H-pyrrole nitrogens is 2. The Morgan fingerprint density at radius 2 is 1.84 bits per heavy atom. The second-order valence-corrected chi connectivity index (χ2v) is 9.21. The lowest BCUT2D eigenvalue weighted by Gasteiger charge is -2.31. The molecule has 4 rings (SSSR count). The van der Waals surface area contributed by atoms with Gasteiger partial charge in [-0.2, -0.15) is 18.3 Å². The predicted molar refractivity (Wildman–Crippen MR) is 116 cm³/mol. The molecule has 0 amide bonds. The zero-order valence-electron chi connectivity index (χ0n) is 18.4. The van der Waals surface area contributed by atoms with E-state index in [4.69, 9.17) is 0 Å². The molecule has 166 valence electrons. The summed E-state index contributed by atoms with van der Waals surface area (Å²) in [5, 5.41) is 7.22. The Kier molecular flexibility index (Phi) is 4.94. The number of aldehydes is 1. The first-order chi connectivity index (χ1) is 14.5. The third-order valence-electron chi connectivity index (χ3n) is 6.41. The fourth-order valence-corrected chi connectivity index (χ4v) is 4.39. The van der Waals surface area contributed by atoms with Crippen LogP contribution in [0.5, 0.6) is 0 Å². The molecular formula is C23H27F3N4O. The van der Waals surface area contributed by atoms with Crippen molar-refractivity contribution in [3.8, 4) is 11.4 Å². The van der Waals surface area contributed by atoms with Crippen molar-refractivity contribution in [2.45, 2.75) is 64.6 Å². The van der Waals surface area contributed by atoms with Crippen LogP contribution < -0.4 is 4.90 Å². The number of hydrogen-bond acceptors (Lipinski definition) is 3. The van der Waals surface area contributed by atoms with Crippen LogP contribution in [0.1, 0.15) is 56.5 Å². The van der Waals surface area contributed by atoms with E-state index >= 15 is 0 Å². The van der Waals surface area contributed by atoms with E-state index in [1.165, 1.54) is 0 Å². The highest BCUT2D eigenvalue weighted by molar-refractivity contribution is 5.95. The minimum Gasteiger partial charge on any atom is -0.372 e. The third kappa shape index (κ3) is 3.42. The van der Waals surface area contributed by atoms with Crippen LogP contribution >= 0.6 is 0 Å². The summed E-state index contributed by atoms with van der Waals surface area (Å²) in [6.45, 7) is 7.89. The monoisotopic (exact) mass is 432 g/mol. The Hall–Kier alpha value is -2.77. The molecular weight excluding hydrogens is 405 g/mol. The number of aromatic nitrogens is 3. The average molecular weight is 432 g/mol. The number of anilines is 1. The minimum absolute atomic E-state index is 0.212. The highest BCUT2D eigenvalue weighted by Crippen LogP contribution is 2.43. The molecule has 2 aromatic heterocycles. The molecule has 5 nitrogen and oxygen atoms in total. The molecule has 0 spiro atoms. The van der Waals surface area contributed by atoms with Gasteiger partial charge in [-0.1, -0.05) is 0 Å². The molecule has 3 aromatic rings. The van der Waals surface area contributed by atoms with Gasteiger partial charge < -0.3 is 14.7 Å². The Morgan fingerprint density at radius 1 is 1.16 bits per heavy atom. The van der Waals surface area contributed by atoms with Crippen LogP contribution in [0.15, 0.2) is 12.1 Å². The Labute approximate surface area is 179 Å². The third-order valence-corrected chi connectivity index (χ3v) is 6.41. The van der Waals surface area contributed by atoms with Gasteiger partial charge in [0.2, 0.25) is 0 Å².